The number of carbonyl (C=O) groups is 1. The monoisotopic (exact) mass is 356 g/mol. The molecule has 2 heterocycles. The summed E-state index contributed by atoms with van der Waals surface area (Å²) >= 11 is 0. The van der Waals surface area contributed by atoms with Gasteiger partial charge in [-0.3, -0.25) is 10.1 Å². The molecule has 0 saturated heterocycles. The number of amides is 1. The lowest BCUT2D eigenvalue weighted by molar-refractivity contribution is 0.102. The molecular formula is C15H13FN8O2. The van der Waals surface area contributed by atoms with Gasteiger partial charge in [0.15, 0.2) is 11.5 Å². The molecule has 1 unspecified atom stereocenters. The van der Waals surface area contributed by atoms with Crippen molar-refractivity contribution in [3.05, 3.63) is 52.7 Å². The van der Waals surface area contributed by atoms with E-state index in [1.807, 2.05) is 0 Å². The van der Waals surface area contributed by atoms with Crippen molar-refractivity contribution >= 4 is 28.8 Å². The lowest BCUT2D eigenvalue weighted by Gasteiger charge is -2.09. The van der Waals surface area contributed by atoms with Crippen molar-refractivity contribution in [2.45, 2.75) is 12.6 Å². The highest BCUT2D eigenvalue weighted by Gasteiger charge is 2.16. The van der Waals surface area contributed by atoms with Gasteiger partial charge < -0.3 is 9.67 Å². The van der Waals surface area contributed by atoms with Gasteiger partial charge in [-0.15, -0.1) is 0 Å². The minimum absolute atomic E-state index is 0.0886. The van der Waals surface area contributed by atoms with Crippen LogP contribution in [-0.2, 0) is 6.54 Å². The molecule has 0 aliphatic rings. The van der Waals surface area contributed by atoms with Gasteiger partial charge in [0.05, 0.1) is 12.9 Å². The summed E-state index contributed by atoms with van der Waals surface area (Å²) in [6.07, 6.45) is 0.0740. The summed E-state index contributed by atoms with van der Waals surface area (Å²) in [5.74, 6) is -0.647. The predicted octanol–water partition coefficient (Wildman–Crippen LogP) is 2.35. The van der Waals surface area contributed by atoms with Crippen LogP contribution in [0, 0.1) is 0 Å². The Labute approximate surface area is 146 Å². The summed E-state index contributed by atoms with van der Waals surface area (Å²) < 4.78 is 14.0. The van der Waals surface area contributed by atoms with Gasteiger partial charge in [0.25, 0.3) is 5.91 Å². The zero-order valence-electron chi connectivity index (χ0n) is 13.3. The Balaban J connectivity index is 2.01. The number of hydrogen-bond donors (Lipinski definition) is 2. The number of hydrogen-bond acceptors (Lipinski definition) is 6. The van der Waals surface area contributed by atoms with Crippen molar-refractivity contribution in [3.63, 3.8) is 0 Å². The van der Waals surface area contributed by atoms with E-state index in [4.69, 9.17) is 5.53 Å². The Morgan fingerprint density at radius 1 is 1.38 bits per heavy atom. The molecule has 3 aromatic rings. The highest BCUT2D eigenvalue weighted by molar-refractivity contribution is 6.03. The number of carbonyl (C=O) groups excluding carboxylic acids is 1. The first-order valence-corrected chi connectivity index (χ1v) is 7.50. The number of rotatable bonds is 6. The number of halogens is 1. The van der Waals surface area contributed by atoms with Crippen molar-refractivity contribution in [1.82, 2.24) is 19.5 Å². The van der Waals surface area contributed by atoms with E-state index in [1.165, 1.54) is 10.9 Å². The topological polar surface area (TPSA) is 142 Å². The number of anilines is 1. The maximum Gasteiger partial charge on any atom is 0.258 e. The van der Waals surface area contributed by atoms with Crippen LogP contribution in [0.15, 0.2) is 41.8 Å². The summed E-state index contributed by atoms with van der Waals surface area (Å²) in [6.45, 7) is -1.04. The van der Waals surface area contributed by atoms with Crippen molar-refractivity contribution in [2.24, 2.45) is 5.11 Å². The highest BCUT2D eigenvalue weighted by Crippen LogP contribution is 2.24. The fourth-order valence-corrected chi connectivity index (χ4v) is 2.27. The largest absolute Gasteiger partial charge is 0.389 e. The summed E-state index contributed by atoms with van der Waals surface area (Å²) in [5, 5.41) is 15.5. The van der Waals surface area contributed by atoms with Crippen molar-refractivity contribution in [3.8, 4) is 0 Å². The van der Waals surface area contributed by atoms with Crippen LogP contribution in [0.4, 0.5) is 16.2 Å². The van der Waals surface area contributed by atoms with Crippen LogP contribution in [0.3, 0.4) is 0 Å². The lowest BCUT2D eigenvalue weighted by Crippen LogP contribution is -2.18. The third-order valence-electron chi connectivity index (χ3n) is 3.43. The van der Waals surface area contributed by atoms with Crippen LogP contribution in [0.5, 0.6) is 0 Å². The second-order valence-corrected chi connectivity index (χ2v) is 5.26. The number of nitrogens with one attached hydrogen (secondary N) is 1. The molecule has 0 spiro atoms. The smallest absolute Gasteiger partial charge is 0.258 e. The zero-order valence-corrected chi connectivity index (χ0v) is 13.3. The van der Waals surface area contributed by atoms with Crippen LogP contribution >= 0.6 is 0 Å². The Kier molecular flexibility index (Phi) is 5.02. The fourth-order valence-electron chi connectivity index (χ4n) is 2.27. The van der Waals surface area contributed by atoms with Gasteiger partial charge in [-0.2, -0.15) is 4.98 Å². The number of aliphatic hydroxyl groups is 1. The van der Waals surface area contributed by atoms with Gasteiger partial charge in [0.2, 0.25) is 5.95 Å². The molecular weight excluding hydrogens is 343 g/mol. The number of nitrogens with zero attached hydrogens (tertiary/aromatic N) is 7. The maximum absolute atomic E-state index is 12.6. The number of aliphatic hydroxyl groups excluding tert-OH is 1. The van der Waals surface area contributed by atoms with E-state index in [0.29, 0.717) is 5.56 Å². The van der Waals surface area contributed by atoms with E-state index in [2.05, 4.69) is 30.3 Å². The molecule has 1 amide bonds. The van der Waals surface area contributed by atoms with Gasteiger partial charge >= 0.3 is 0 Å². The van der Waals surface area contributed by atoms with Crippen LogP contribution in [0.2, 0.25) is 0 Å². The Morgan fingerprint density at radius 2 is 2.15 bits per heavy atom. The minimum atomic E-state index is -1.24. The van der Waals surface area contributed by atoms with Gasteiger partial charge in [0.1, 0.15) is 18.3 Å². The molecule has 2 N–H and O–H groups in total. The second-order valence-electron chi connectivity index (χ2n) is 5.26. The van der Waals surface area contributed by atoms with Crippen LogP contribution in [-0.4, -0.2) is 43.3 Å². The SMILES string of the molecule is [N-]=[N+]=Nc1nc(NC(=O)c2ccccc2)nc2c1ncn2CC(O)CF. The first-order valence-electron chi connectivity index (χ1n) is 7.50. The summed E-state index contributed by atoms with van der Waals surface area (Å²) in [6, 6.07) is 8.41. The van der Waals surface area contributed by atoms with E-state index in [-0.39, 0.29) is 29.5 Å². The third-order valence-corrected chi connectivity index (χ3v) is 3.43. The van der Waals surface area contributed by atoms with E-state index in [1.54, 1.807) is 30.3 Å². The average Bonchev–Trinajstić information content (AvgIpc) is 3.05. The molecule has 1 atom stereocenters. The molecule has 2 aromatic heterocycles. The van der Waals surface area contributed by atoms with Gasteiger partial charge in [-0.05, 0) is 22.8 Å². The molecule has 11 heteroatoms. The molecule has 0 aliphatic carbocycles. The maximum atomic E-state index is 12.6. The first kappa shape index (κ1) is 17.3. The molecule has 0 aliphatic heterocycles. The number of imidazole rings is 1. The molecule has 0 bridgehead atoms. The summed E-state index contributed by atoms with van der Waals surface area (Å²) in [5.41, 5.74) is 9.46. The highest BCUT2D eigenvalue weighted by atomic mass is 19.1. The van der Waals surface area contributed by atoms with Gasteiger partial charge in [-0.1, -0.05) is 18.2 Å². The van der Waals surface area contributed by atoms with E-state index < -0.39 is 18.7 Å². The van der Waals surface area contributed by atoms with Crippen LogP contribution < -0.4 is 5.32 Å². The standard InChI is InChI=1S/C15H13FN8O2/c16-6-10(25)7-24-8-18-11-12(22-23-17)19-15(20-13(11)24)21-14(26)9-4-2-1-3-5-9/h1-5,8,10,25H,6-7H2,(H,19,20,21,26). The molecule has 0 fully saturated rings. The zero-order chi connectivity index (χ0) is 18.5. The average molecular weight is 356 g/mol. The van der Waals surface area contributed by atoms with Crippen molar-refractivity contribution in [2.75, 3.05) is 12.0 Å². The molecule has 0 radical (unpaired) electrons. The Hall–Kier alpha value is -3.56. The van der Waals surface area contributed by atoms with Crippen LogP contribution in [0.25, 0.3) is 21.6 Å². The van der Waals surface area contributed by atoms with E-state index in [9.17, 15) is 14.3 Å². The number of azide groups is 1. The fraction of sp³-hybridized carbons (Fsp3) is 0.200. The Morgan fingerprint density at radius 3 is 2.85 bits per heavy atom. The van der Waals surface area contributed by atoms with Crippen molar-refractivity contribution < 1.29 is 14.3 Å². The number of fused-ring (bicyclic) bond motifs is 1. The first-order chi connectivity index (χ1) is 12.6. The van der Waals surface area contributed by atoms with Crippen LogP contribution in [0.1, 0.15) is 10.4 Å². The number of aromatic nitrogens is 4. The van der Waals surface area contributed by atoms with E-state index in [0.717, 1.165) is 0 Å². The summed E-state index contributed by atoms with van der Waals surface area (Å²) in [4.78, 5) is 27.1. The molecule has 26 heavy (non-hydrogen) atoms. The number of alkyl halides is 1. The third kappa shape index (κ3) is 3.58. The molecule has 132 valence electrons. The summed E-state index contributed by atoms with van der Waals surface area (Å²) in [7, 11) is 0. The Bertz CT molecular complexity index is 984. The molecule has 3 rings (SSSR count). The predicted molar refractivity (Wildman–Crippen MR) is 90.5 cm³/mol. The minimum Gasteiger partial charge on any atom is -0.389 e. The number of benzene rings is 1. The van der Waals surface area contributed by atoms with Gasteiger partial charge in [0, 0.05) is 10.5 Å². The van der Waals surface area contributed by atoms with Crippen molar-refractivity contribution in [1.29, 1.82) is 0 Å². The van der Waals surface area contributed by atoms with E-state index >= 15 is 0 Å². The molecule has 0 saturated carbocycles. The molecule has 10 nitrogen and oxygen atoms in total. The van der Waals surface area contributed by atoms with Gasteiger partial charge in [-0.25, -0.2) is 14.4 Å². The molecule has 1 aromatic carbocycles. The normalized spacial score (nSPS) is 11.8. The second kappa shape index (κ2) is 7.55. The quantitative estimate of drug-likeness (QED) is 0.396. The lowest BCUT2D eigenvalue weighted by atomic mass is 10.2.